The first kappa shape index (κ1) is 16.6. The first-order valence-corrected chi connectivity index (χ1v) is 7.63. The third-order valence-corrected chi connectivity index (χ3v) is 3.78. The molecule has 1 aliphatic rings. The van der Waals surface area contributed by atoms with E-state index in [9.17, 15) is 13.2 Å². The van der Waals surface area contributed by atoms with Gasteiger partial charge in [-0.05, 0) is 30.5 Å². The average molecular weight is 367 g/mol. The molecule has 0 heterocycles. The number of aliphatic hydroxyl groups excluding tert-OH is 1. The average Bonchev–Trinajstić information content (AvgIpc) is 3.19. The van der Waals surface area contributed by atoms with Crippen molar-refractivity contribution in [2.24, 2.45) is 0 Å². The number of rotatable bonds is 7. The largest absolute Gasteiger partial charge is 0.405 e. The van der Waals surface area contributed by atoms with Crippen LogP contribution in [0.3, 0.4) is 0 Å². The second kappa shape index (κ2) is 6.98. The first-order chi connectivity index (χ1) is 9.89. The molecule has 0 atom stereocenters. The van der Waals surface area contributed by atoms with E-state index in [0.29, 0.717) is 18.3 Å². The van der Waals surface area contributed by atoms with Crippen LogP contribution in [0.25, 0.3) is 0 Å². The summed E-state index contributed by atoms with van der Waals surface area (Å²) in [5.41, 5.74) is 1.31. The number of anilines is 1. The summed E-state index contributed by atoms with van der Waals surface area (Å²) in [7, 11) is 0. The summed E-state index contributed by atoms with van der Waals surface area (Å²) in [5.74, 6) is 0. The fourth-order valence-electron chi connectivity index (χ4n) is 2.14. The lowest BCUT2D eigenvalue weighted by atomic mass is 10.1. The van der Waals surface area contributed by atoms with Crippen LogP contribution in [0.4, 0.5) is 18.9 Å². The van der Waals surface area contributed by atoms with Crippen molar-refractivity contribution >= 4 is 21.6 Å². The van der Waals surface area contributed by atoms with Gasteiger partial charge < -0.3 is 15.3 Å². The van der Waals surface area contributed by atoms with Gasteiger partial charge in [0.25, 0.3) is 0 Å². The van der Waals surface area contributed by atoms with Gasteiger partial charge in [0.1, 0.15) is 6.54 Å². The predicted molar refractivity (Wildman–Crippen MR) is 79.4 cm³/mol. The molecule has 1 saturated carbocycles. The van der Waals surface area contributed by atoms with Crippen LogP contribution in [0.5, 0.6) is 0 Å². The molecule has 1 aliphatic carbocycles. The van der Waals surface area contributed by atoms with Crippen molar-refractivity contribution in [1.82, 2.24) is 5.32 Å². The number of aliphatic hydroxyl groups is 1. The van der Waals surface area contributed by atoms with E-state index in [-0.39, 0.29) is 13.2 Å². The van der Waals surface area contributed by atoms with Crippen LogP contribution in [0, 0.1) is 0 Å². The van der Waals surface area contributed by atoms with Crippen LogP contribution in [0.1, 0.15) is 18.4 Å². The summed E-state index contributed by atoms with van der Waals surface area (Å²) >= 11 is 3.30. The standard InChI is InChI=1S/C14H18BrF3N2O/c15-11-2-1-10(8-19-12-3-4-12)13(7-11)20(5-6-21)9-14(16,17)18/h1-2,7,12,19,21H,3-6,8-9H2. The Labute approximate surface area is 130 Å². The summed E-state index contributed by atoms with van der Waals surface area (Å²) in [6.45, 7) is -0.905. The molecule has 0 spiro atoms. The molecule has 0 bridgehead atoms. The molecule has 0 unspecified atom stereocenters. The van der Waals surface area contributed by atoms with Crippen LogP contribution in [-0.4, -0.2) is 37.0 Å². The Morgan fingerprint density at radius 3 is 2.62 bits per heavy atom. The summed E-state index contributed by atoms with van der Waals surface area (Å²) < 4.78 is 38.9. The fourth-order valence-corrected chi connectivity index (χ4v) is 2.49. The molecule has 118 valence electrons. The van der Waals surface area contributed by atoms with Crippen molar-refractivity contribution in [1.29, 1.82) is 0 Å². The Balaban J connectivity index is 2.20. The zero-order valence-electron chi connectivity index (χ0n) is 11.5. The van der Waals surface area contributed by atoms with E-state index >= 15 is 0 Å². The molecule has 21 heavy (non-hydrogen) atoms. The maximum Gasteiger partial charge on any atom is 0.405 e. The molecule has 0 aliphatic heterocycles. The highest BCUT2D eigenvalue weighted by Crippen LogP contribution is 2.29. The second-order valence-corrected chi connectivity index (χ2v) is 6.10. The van der Waals surface area contributed by atoms with Gasteiger partial charge in [-0.15, -0.1) is 0 Å². The van der Waals surface area contributed by atoms with Gasteiger partial charge in [-0.1, -0.05) is 22.0 Å². The third kappa shape index (κ3) is 5.48. The van der Waals surface area contributed by atoms with Gasteiger partial charge in [0, 0.05) is 29.3 Å². The minimum atomic E-state index is -4.31. The number of halogens is 4. The van der Waals surface area contributed by atoms with E-state index in [1.807, 2.05) is 12.1 Å². The molecule has 2 rings (SSSR count). The number of hydrogen-bond donors (Lipinski definition) is 2. The Hall–Kier alpha value is -0.790. The van der Waals surface area contributed by atoms with E-state index in [1.54, 1.807) is 6.07 Å². The van der Waals surface area contributed by atoms with Gasteiger partial charge in [0.2, 0.25) is 0 Å². The molecule has 1 aromatic carbocycles. The number of benzene rings is 1. The number of hydrogen-bond acceptors (Lipinski definition) is 3. The number of nitrogens with one attached hydrogen (secondary N) is 1. The van der Waals surface area contributed by atoms with Gasteiger partial charge in [0.15, 0.2) is 0 Å². The van der Waals surface area contributed by atoms with Gasteiger partial charge in [0.05, 0.1) is 6.61 Å². The zero-order chi connectivity index (χ0) is 15.5. The van der Waals surface area contributed by atoms with Gasteiger partial charge in [-0.3, -0.25) is 0 Å². The molecule has 2 N–H and O–H groups in total. The molecule has 3 nitrogen and oxygen atoms in total. The van der Waals surface area contributed by atoms with Crippen molar-refractivity contribution in [3.05, 3.63) is 28.2 Å². The van der Waals surface area contributed by atoms with Crippen molar-refractivity contribution < 1.29 is 18.3 Å². The van der Waals surface area contributed by atoms with E-state index in [4.69, 9.17) is 5.11 Å². The van der Waals surface area contributed by atoms with Crippen molar-refractivity contribution in [2.45, 2.75) is 31.6 Å². The summed E-state index contributed by atoms with van der Waals surface area (Å²) in [5, 5.41) is 12.4. The monoisotopic (exact) mass is 366 g/mol. The van der Waals surface area contributed by atoms with Gasteiger partial charge in [-0.2, -0.15) is 13.2 Å². The van der Waals surface area contributed by atoms with E-state index in [0.717, 1.165) is 22.9 Å². The highest BCUT2D eigenvalue weighted by atomic mass is 79.9. The van der Waals surface area contributed by atoms with Gasteiger partial charge >= 0.3 is 6.18 Å². The minimum absolute atomic E-state index is 0.0492. The molecule has 1 aromatic rings. The lowest BCUT2D eigenvalue weighted by Gasteiger charge is -2.28. The topological polar surface area (TPSA) is 35.5 Å². The molecule has 7 heteroatoms. The lowest BCUT2D eigenvalue weighted by molar-refractivity contribution is -0.119. The van der Waals surface area contributed by atoms with Crippen molar-refractivity contribution in [3.63, 3.8) is 0 Å². The molecular formula is C14H18BrF3N2O. The SMILES string of the molecule is OCCN(CC(F)(F)F)c1cc(Br)ccc1CNC1CC1. The third-order valence-electron chi connectivity index (χ3n) is 3.29. The molecular weight excluding hydrogens is 349 g/mol. The van der Waals surface area contributed by atoms with Crippen molar-refractivity contribution in [2.75, 3.05) is 24.6 Å². The Morgan fingerprint density at radius 1 is 1.33 bits per heavy atom. The van der Waals surface area contributed by atoms with Crippen LogP contribution in [0.15, 0.2) is 22.7 Å². The maximum atomic E-state index is 12.7. The highest BCUT2D eigenvalue weighted by Gasteiger charge is 2.31. The summed E-state index contributed by atoms with van der Waals surface area (Å²) in [6.07, 6.45) is -2.07. The Bertz CT molecular complexity index is 478. The quantitative estimate of drug-likeness (QED) is 0.778. The molecule has 0 radical (unpaired) electrons. The predicted octanol–water partition coefficient (Wildman–Crippen LogP) is 3.06. The minimum Gasteiger partial charge on any atom is -0.395 e. The summed E-state index contributed by atoms with van der Waals surface area (Å²) in [4.78, 5) is 1.18. The normalized spacial score (nSPS) is 15.3. The van der Waals surface area contributed by atoms with E-state index < -0.39 is 12.7 Å². The maximum absolute atomic E-state index is 12.7. The summed E-state index contributed by atoms with van der Waals surface area (Å²) in [6, 6.07) is 5.79. The van der Waals surface area contributed by atoms with Crippen LogP contribution >= 0.6 is 15.9 Å². The zero-order valence-corrected chi connectivity index (χ0v) is 13.0. The number of nitrogens with zero attached hydrogens (tertiary/aromatic N) is 1. The van der Waals surface area contributed by atoms with E-state index in [2.05, 4.69) is 21.2 Å². The van der Waals surface area contributed by atoms with Crippen LogP contribution < -0.4 is 10.2 Å². The highest BCUT2D eigenvalue weighted by molar-refractivity contribution is 9.10. The van der Waals surface area contributed by atoms with E-state index in [1.165, 1.54) is 4.90 Å². The van der Waals surface area contributed by atoms with Gasteiger partial charge in [-0.25, -0.2) is 0 Å². The van der Waals surface area contributed by atoms with Crippen molar-refractivity contribution in [3.8, 4) is 0 Å². The van der Waals surface area contributed by atoms with Crippen LogP contribution in [0.2, 0.25) is 0 Å². The Morgan fingerprint density at radius 2 is 2.05 bits per heavy atom. The number of alkyl halides is 3. The second-order valence-electron chi connectivity index (χ2n) is 5.19. The smallest absolute Gasteiger partial charge is 0.395 e. The Kier molecular flexibility index (Phi) is 5.51. The van der Waals surface area contributed by atoms with Crippen LogP contribution in [-0.2, 0) is 6.54 Å². The molecule has 0 saturated heterocycles. The first-order valence-electron chi connectivity index (χ1n) is 6.83. The molecule has 0 aromatic heterocycles. The lowest BCUT2D eigenvalue weighted by Crippen LogP contribution is -2.37. The fraction of sp³-hybridized carbons (Fsp3) is 0.571. The molecule has 1 fully saturated rings. The molecule has 0 amide bonds.